The molecule has 140 valence electrons. The molecular weight excluding hydrogens is 372 g/mol. The minimum atomic E-state index is -2.99. The summed E-state index contributed by atoms with van der Waals surface area (Å²) in [5.41, 5.74) is 2.40. The van der Waals surface area contributed by atoms with Gasteiger partial charge in [-0.15, -0.1) is 0 Å². The summed E-state index contributed by atoms with van der Waals surface area (Å²) in [6.45, 7) is 1.92. The monoisotopic (exact) mass is 390 g/mol. The van der Waals surface area contributed by atoms with E-state index in [1.54, 1.807) is 36.4 Å². The third-order valence-electron chi connectivity index (χ3n) is 3.86. The van der Waals surface area contributed by atoms with Crippen molar-refractivity contribution < 1.29 is 14.1 Å². The SMILES string of the molecule is C=S(=O)(NC(=O)c1cncc(C#Cc2cccc(O)c2)c1)c1ccc(C)cc1. The minimum Gasteiger partial charge on any atom is -0.508 e. The summed E-state index contributed by atoms with van der Waals surface area (Å²) in [4.78, 5) is 17.0. The lowest BCUT2D eigenvalue weighted by atomic mass is 10.1. The maximum Gasteiger partial charge on any atom is 0.264 e. The topological polar surface area (TPSA) is 79.3 Å². The highest BCUT2D eigenvalue weighted by Crippen LogP contribution is 2.12. The first-order valence-electron chi connectivity index (χ1n) is 8.36. The molecule has 0 fully saturated rings. The van der Waals surface area contributed by atoms with Crippen molar-refractivity contribution in [1.29, 1.82) is 0 Å². The van der Waals surface area contributed by atoms with E-state index in [-0.39, 0.29) is 11.3 Å². The Kier molecular flexibility index (Phi) is 5.48. The van der Waals surface area contributed by atoms with Crippen molar-refractivity contribution in [2.75, 3.05) is 0 Å². The van der Waals surface area contributed by atoms with Gasteiger partial charge >= 0.3 is 0 Å². The predicted octanol–water partition coefficient (Wildman–Crippen LogP) is 2.92. The summed E-state index contributed by atoms with van der Waals surface area (Å²) in [5.74, 6) is 9.03. The Morgan fingerprint density at radius 2 is 1.79 bits per heavy atom. The Bertz CT molecular complexity index is 1190. The Labute approximate surface area is 164 Å². The summed E-state index contributed by atoms with van der Waals surface area (Å²) in [7, 11) is -2.99. The van der Waals surface area contributed by atoms with E-state index in [9.17, 15) is 14.1 Å². The van der Waals surface area contributed by atoms with Crippen LogP contribution in [0.2, 0.25) is 0 Å². The molecule has 0 bridgehead atoms. The normalized spacial score (nSPS) is 12.3. The van der Waals surface area contributed by atoms with Gasteiger partial charge in [0, 0.05) is 28.4 Å². The molecule has 0 saturated heterocycles. The Hall–Kier alpha value is -3.56. The van der Waals surface area contributed by atoms with Crippen molar-refractivity contribution in [1.82, 2.24) is 9.71 Å². The van der Waals surface area contributed by atoms with Crippen molar-refractivity contribution in [3.63, 3.8) is 0 Å². The van der Waals surface area contributed by atoms with E-state index in [1.165, 1.54) is 18.5 Å². The summed E-state index contributed by atoms with van der Waals surface area (Å²) in [6, 6.07) is 15.1. The van der Waals surface area contributed by atoms with Gasteiger partial charge in [0.15, 0.2) is 0 Å². The highest BCUT2D eigenvalue weighted by molar-refractivity contribution is 7.99. The third-order valence-corrected chi connectivity index (χ3v) is 5.41. The van der Waals surface area contributed by atoms with Gasteiger partial charge in [-0.25, -0.2) is 4.21 Å². The number of rotatable bonds is 3. The number of carbonyl (C=O) groups is 1. The fraction of sp³-hybridized carbons (Fsp3) is 0.0455. The maximum absolute atomic E-state index is 12.8. The molecule has 1 amide bonds. The summed E-state index contributed by atoms with van der Waals surface area (Å²) in [6.07, 6.45) is 2.90. The summed E-state index contributed by atoms with van der Waals surface area (Å²) < 4.78 is 15.3. The highest BCUT2D eigenvalue weighted by atomic mass is 32.2. The molecule has 3 rings (SSSR count). The molecule has 2 N–H and O–H groups in total. The number of benzene rings is 2. The van der Waals surface area contributed by atoms with Crippen molar-refractivity contribution in [3.8, 4) is 17.6 Å². The number of nitrogens with zero attached hydrogens (tertiary/aromatic N) is 1. The molecule has 28 heavy (non-hydrogen) atoms. The first-order chi connectivity index (χ1) is 13.3. The molecule has 2 aromatic carbocycles. The molecule has 0 aliphatic carbocycles. The smallest absolute Gasteiger partial charge is 0.264 e. The second-order valence-electron chi connectivity index (χ2n) is 6.18. The molecule has 0 spiro atoms. The number of aryl methyl sites for hydroxylation is 1. The van der Waals surface area contributed by atoms with Crippen LogP contribution in [0.3, 0.4) is 0 Å². The van der Waals surface area contributed by atoms with Gasteiger partial charge < -0.3 is 5.11 Å². The van der Waals surface area contributed by atoms with Crippen molar-refractivity contribution in [2.45, 2.75) is 11.8 Å². The predicted molar refractivity (Wildman–Crippen MR) is 110 cm³/mol. The first kappa shape index (κ1) is 19.2. The lowest BCUT2D eigenvalue weighted by Gasteiger charge is -2.12. The van der Waals surface area contributed by atoms with Crippen LogP contribution in [0.25, 0.3) is 0 Å². The van der Waals surface area contributed by atoms with Gasteiger partial charge in [0.2, 0.25) is 0 Å². The maximum atomic E-state index is 12.8. The summed E-state index contributed by atoms with van der Waals surface area (Å²) >= 11 is 0. The van der Waals surface area contributed by atoms with Gasteiger partial charge in [0.1, 0.15) is 5.75 Å². The van der Waals surface area contributed by atoms with Crippen molar-refractivity contribution >= 4 is 21.5 Å². The number of nitrogens with one attached hydrogen (secondary N) is 1. The van der Waals surface area contributed by atoms with Gasteiger partial charge in [-0.2, -0.15) is 0 Å². The van der Waals surface area contributed by atoms with Crippen LogP contribution in [0.5, 0.6) is 5.75 Å². The number of amides is 1. The molecule has 0 aliphatic rings. The molecule has 1 aromatic heterocycles. The van der Waals surface area contributed by atoms with Crippen molar-refractivity contribution in [2.24, 2.45) is 0 Å². The standard InChI is InChI=1S/C22H18N2O3S/c1-16-6-10-21(11-7-16)28(2,27)24-22(26)19-12-18(14-23-15-19)9-8-17-4-3-5-20(25)13-17/h3-7,10-15,25H,2H2,1H3,(H,24,26,27). The van der Waals surface area contributed by atoms with Crippen LogP contribution in [-0.4, -0.2) is 26.1 Å². The average molecular weight is 390 g/mol. The molecule has 1 heterocycles. The van der Waals surface area contributed by atoms with E-state index >= 15 is 0 Å². The number of aromatic nitrogens is 1. The molecule has 1 atom stereocenters. The van der Waals surface area contributed by atoms with E-state index < -0.39 is 15.6 Å². The molecule has 0 radical (unpaired) electrons. The zero-order chi connectivity index (χ0) is 20.1. The fourth-order valence-corrected chi connectivity index (χ4v) is 3.50. The van der Waals surface area contributed by atoms with Gasteiger partial charge in [0.05, 0.1) is 15.3 Å². The van der Waals surface area contributed by atoms with Crippen LogP contribution in [0.1, 0.15) is 27.0 Å². The lowest BCUT2D eigenvalue weighted by molar-refractivity contribution is 0.0982. The van der Waals surface area contributed by atoms with Crippen LogP contribution in [0.4, 0.5) is 0 Å². The Morgan fingerprint density at radius 3 is 2.50 bits per heavy atom. The number of hydrogen-bond donors (Lipinski definition) is 2. The van der Waals surface area contributed by atoms with E-state index in [0.717, 1.165) is 5.56 Å². The fourth-order valence-electron chi connectivity index (χ4n) is 2.39. The number of hydrogen-bond acceptors (Lipinski definition) is 4. The van der Waals surface area contributed by atoms with E-state index in [2.05, 4.69) is 27.4 Å². The molecule has 0 saturated carbocycles. The van der Waals surface area contributed by atoms with Crippen LogP contribution < -0.4 is 4.72 Å². The van der Waals surface area contributed by atoms with Crippen LogP contribution in [-0.2, 0) is 9.71 Å². The highest BCUT2D eigenvalue weighted by Gasteiger charge is 2.14. The second-order valence-corrected chi connectivity index (χ2v) is 8.21. The van der Waals surface area contributed by atoms with Crippen LogP contribution >= 0.6 is 0 Å². The van der Waals surface area contributed by atoms with E-state index in [4.69, 9.17) is 0 Å². The quantitative estimate of drug-likeness (QED) is 0.532. The van der Waals surface area contributed by atoms with Crippen molar-refractivity contribution in [3.05, 3.63) is 89.2 Å². The zero-order valence-electron chi connectivity index (χ0n) is 15.2. The lowest BCUT2D eigenvalue weighted by Crippen LogP contribution is -2.30. The Balaban J connectivity index is 1.80. The largest absolute Gasteiger partial charge is 0.508 e. The number of phenols is 1. The zero-order valence-corrected chi connectivity index (χ0v) is 16.0. The van der Waals surface area contributed by atoms with Crippen LogP contribution in [0.15, 0.2) is 71.9 Å². The number of pyridine rings is 1. The molecule has 3 aromatic rings. The number of phenolic OH excluding ortho intramolecular Hbond substituents is 1. The van der Waals surface area contributed by atoms with Gasteiger partial charge in [-0.1, -0.05) is 35.6 Å². The molecule has 6 heteroatoms. The Morgan fingerprint density at radius 1 is 1.07 bits per heavy atom. The average Bonchev–Trinajstić information content (AvgIpc) is 2.67. The second kappa shape index (κ2) is 7.99. The third kappa shape index (κ3) is 4.78. The van der Waals surface area contributed by atoms with Gasteiger partial charge in [-0.3, -0.25) is 14.5 Å². The molecule has 5 nitrogen and oxygen atoms in total. The molecule has 1 unspecified atom stereocenters. The first-order valence-corrected chi connectivity index (χ1v) is 10.1. The summed E-state index contributed by atoms with van der Waals surface area (Å²) in [5, 5.41) is 9.48. The van der Waals surface area contributed by atoms with Crippen LogP contribution in [0, 0.1) is 18.8 Å². The van der Waals surface area contributed by atoms with E-state index in [1.807, 2.05) is 19.1 Å². The molecule has 0 aliphatic heterocycles. The molecular formula is C22H18N2O3S. The van der Waals surface area contributed by atoms with E-state index in [0.29, 0.717) is 16.0 Å². The van der Waals surface area contributed by atoms with Gasteiger partial charge in [-0.05, 0) is 49.2 Å². The minimum absolute atomic E-state index is 0.124. The number of aromatic hydroxyl groups is 1. The van der Waals surface area contributed by atoms with Gasteiger partial charge in [0.25, 0.3) is 5.91 Å². The number of carbonyl (C=O) groups excluding carboxylic acids is 1.